The summed E-state index contributed by atoms with van der Waals surface area (Å²) < 4.78 is 2.97. The van der Waals surface area contributed by atoms with E-state index in [1.165, 1.54) is 0 Å². The first-order valence-corrected chi connectivity index (χ1v) is 9.48. The second-order valence-corrected chi connectivity index (χ2v) is 7.58. The molecule has 1 aromatic heterocycles. The van der Waals surface area contributed by atoms with E-state index in [0.717, 1.165) is 32.7 Å². The minimum Gasteiger partial charge on any atom is -0.318 e. The molecule has 0 saturated heterocycles. The standard InChI is InChI=1S/C21H15BrCl2N2/c1-13-9-15(10-16(12-25)18-5-3-4-6-20(18)23)14(2)26(13)17-7-8-19(22)21(24)11-17/h3-11H,1-2H3. The maximum atomic E-state index is 9.61. The smallest absolute Gasteiger partial charge is 0.0998 e. The van der Waals surface area contributed by atoms with Gasteiger partial charge in [0.05, 0.1) is 16.7 Å². The predicted molar refractivity (Wildman–Crippen MR) is 113 cm³/mol. The number of rotatable bonds is 3. The fourth-order valence-corrected chi connectivity index (χ4v) is 3.62. The lowest BCUT2D eigenvalue weighted by Crippen LogP contribution is -1.99. The van der Waals surface area contributed by atoms with E-state index >= 15 is 0 Å². The summed E-state index contributed by atoms with van der Waals surface area (Å²) in [7, 11) is 0. The second kappa shape index (κ2) is 7.72. The van der Waals surface area contributed by atoms with Crippen LogP contribution in [0.25, 0.3) is 17.3 Å². The Labute approximate surface area is 171 Å². The summed E-state index contributed by atoms with van der Waals surface area (Å²) in [6, 6.07) is 17.5. The Kier molecular flexibility index (Phi) is 5.58. The van der Waals surface area contributed by atoms with E-state index in [-0.39, 0.29) is 0 Å². The van der Waals surface area contributed by atoms with Crippen LogP contribution in [-0.2, 0) is 0 Å². The molecule has 0 aliphatic heterocycles. The lowest BCUT2D eigenvalue weighted by atomic mass is 10.0. The van der Waals surface area contributed by atoms with Crippen molar-refractivity contribution in [2.75, 3.05) is 0 Å². The molecule has 0 amide bonds. The van der Waals surface area contributed by atoms with Crippen LogP contribution >= 0.6 is 39.1 Å². The number of allylic oxidation sites excluding steroid dienone is 1. The number of hydrogen-bond acceptors (Lipinski definition) is 1. The molecule has 3 rings (SSSR count). The molecule has 0 aliphatic carbocycles. The normalized spacial score (nSPS) is 11.5. The van der Waals surface area contributed by atoms with Crippen LogP contribution in [0, 0.1) is 25.2 Å². The van der Waals surface area contributed by atoms with Crippen molar-refractivity contribution in [3.63, 3.8) is 0 Å². The summed E-state index contributed by atoms with van der Waals surface area (Å²) in [5.41, 5.74) is 5.30. The zero-order valence-corrected chi connectivity index (χ0v) is 17.3. The van der Waals surface area contributed by atoms with Gasteiger partial charge in [0.1, 0.15) is 0 Å². The van der Waals surface area contributed by atoms with Gasteiger partial charge in [-0.05, 0) is 71.7 Å². The first kappa shape index (κ1) is 18.8. The Morgan fingerprint density at radius 1 is 1.08 bits per heavy atom. The van der Waals surface area contributed by atoms with Crippen LogP contribution in [0.15, 0.2) is 53.0 Å². The van der Waals surface area contributed by atoms with Crippen LogP contribution < -0.4 is 0 Å². The van der Waals surface area contributed by atoms with Gasteiger partial charge in [0, 0.05) is 32.1 Å². The molecule has 0 atom stereocenters. The molecule has 2 nitrogen and oxygen atoms in total. The van der Waals surface area contributed by atoms with Crippen molar-refractivity contribution in [2.45, 2.75) is 13.8 Å². The van der Waals surface area contributed by atoms with Gasteiger partial charge < -0.3 is 4.57 Å². The number of aryl methyl sites for hydroxylation is 1. The van der Waals surface area contributed by atoms with Crippen molar-refractivity contribution < 1.29 is 0 Å². The minimum absolute atomic E-state index is 0.532. The zero-order chi connectivity index (χ0) is 18.8. The largest absolute Gasteiger partial charge is 0.318 e. The van der Waals surface area contributed by atoms with E-state index < -0.39 is 0 Å². The summed E-state index contributed by atoms with van der Waals surface area (Å²) in [5, 5.41) is 10.8. The summed E-state index contributed by atoms with van der Waals surface area (Å²) in [6.07, 6.45) is 1.88. The zero-order valence-electron chi connectivity index (χ0n) is 14.2. The molecule has 130 valence electrons. The van der Waals surface area contributed by atoms with Crippen LogP contribution in [0.5, 0.6) is 0 Å². The first-order chi connectivity index (χ1) is 12.4. The molecule has 5 heteroatoms. The molecule has 1 heterocycles. The number of aromatic nitrogens is 1. The molecule has 0 aliphatic rings. The average molecular weight is 446 g/mol. The van der Waals surface area contributed by atoms with E-state index in [1.807, 2.05) is 56.3 Å². The van der Waals surface area contributed by atoms with Crippen LogP contribution in [0.1, 0.15) is 22.5 Å². The highest BCUT2D eigenvalue weighted by molar-refractivity contribution is 9.10. The molecule has 0 bridgehead atoms. The Bertz CT molecular complexity index is 1060. The van der Waals surface area contributed by atoms with Gasteiger partial charge >= 0.3 is 0 Å². The molecule has 26 heavy (non-hydrogen) atoms. The third kappa shape index (κ3) is 3.59. The molecule has 0 N–H and O–H groups in total. The highest BCUT2D eigenvalue weighted by atomic mass is 79.9. The van der Waals surface area contributed by atoms with Gasteiger partial charge in [0.25, 0.3) is 0 Å². The molecule has 3 aromatic rings. The van der Waals surface area contributed by atoms with Crippen LogP contribution in [-0.4, -0.2) is 4.57 Å². The Balaban J connectivity index is 2.12. The number of benzene rings is 2. The fourth-order valence-electron chi connectivity index (χ4n) is 2.96. The summed E-state index contributed by atoms with van der Waals surface area (Å²) in [6.45, 7) is 4.05. The first-order valence-electron chi connectivity index (χ1n) is 7.93. The number of nitrogens with zero attached hydrogens (tertiary/aromatic N) is 2. The molecule has 0 fully saturated rings. The van der Waals surface area contributed by atoms with E-state index in [0.29, 0.717) is 15.6 Å². The van der Waals surface area contributed by atoms with Gasteiger partial charge in [-0.2, -0.15) is 5.26 Å². The van der Waals surface area contributed by atoms with Gasteiger partial charge in [0.2, 0.25) is 0 Å². The van der Waals surface area contributed by atoms with Crippen LogP contribution in [0.3, 0.4) is 0 Å². The van der Waals surface area contributed by atoms with Crippen molar-refractivity contribution >= 4 is 50.8 Å². The monoisotopic (exact) mass is 444 g/mol. The van der Waals surface area contributed by atoms with Crippen molar-refractivity contribution in [3.8, 4) is 11.8 Å². The lowest BCUT2D eigenvalue weighted by molar-refractivity contribution is 0.964. The van der Waals surface area contributed by atoms with Crippen molar-refractivity contribution in [1.29, 1.82) is 5.26 Å². The number of nitriles is 1. The molecule has 0 spiro atoms. The quantitative estimate of drug-likeness (QED) is 0.391. The van der Waals surface area contributed by atoms with Gasteiger partial charge in [-0.3, -0.25) is 0 Å². The van der Waals surface area contributed by atoms with Gasteiger partial charge in [-0.1, -0.05) is 41.4 Å². The minimum atomic E-state index is 0.532. The third-order valence-corrected chi connectivity index (χ3v) is 5.78. The predicted octanol–water partition coefficient (Wildman–Crippen LogP) is 7.23. The highest BCUT2D eigenvalue weighted by Gasteiger charge is 2.13. The highest BCUT2D eigenvalue weighted by Crippen LogP contribution is 2.30. The SMILES string of the molecule is Cc1cc(C=C(C#N)c2ccccc2Cl)c(C)n1-c1ccc(Br)c(Cl)c1. The summed E-state index contributed by atoms with van der Waals surface area (Å²) >= 11 is 15.9. The molecule has 0 saturated carbocycles. The molecular formula is C21H15BrCl2N2. The Morgan fingerprint density at radius 3 is 2.46 bits per heavy atom. The number of hydrogen-bond donors (Lipinski definition) is 0. The van der Waals surface area contributed by atoms with E-state index in [1.54, 1.807) is 6.07 Å². The summed E-state index contributed by atoms with van der Waals surface area (Å²) in [5.74, 6) is 0. The van der Waals surface area contributed by atoms with Crippen LogP contribution in [0.4, 0.5) is 0 Å². The van der Waals surface area contributed by atoms with Gasteiger partial charge in [-0.15, -0.1) is 0 Å². The maximum absolute atomic E-state index is 9.61. The topological polar surface area (TPSA) is 28.7 Å². The van der Waals surface area contributed by atoms with E-state index in [9.17, 15) is 5.26 Å². The van der Waals surface area contributed by atoms with Crippen molar-refractivity contribution in [3.05, 3.63) is 85.6 Å². The van der Waals surface area contributed by atoms with Gasteiger partial charge in [-0.25, -0.2) is 0 Å². The maximum Gasteiger partial charge on any atom is 0.0998 e. The molecule has 2 aromatic carbocycles. The fraction of sp³-hybridized carbons (Fsp3) is 0.0952. The van der Waals surface area contributed by atoms with E-state index in [2.05, 4.69) is 32.6 Å². The molecule has 0 radical (unpaired) electrons. The van der Waals surface area contributed by atoms with Crippen molar-refractivity contribution in [2.24, 2.45) is 0 Å². The van der Waals surface area contributed by atoms with Crippen molar-refractivity contribution in [1.82, 2.24) is 4.57 Å². The lowest BCUT2D eigenvalue weighted by Gasteiger charge is -2.11. The molecular weight excluding hydrogens is 431 g/mol. The van der Waals surface area contributed by atoms with Crippen LogP contribution in [0.2, 0.25) is 10.0 Å². The Morgan fingerprint density at radius 2 is 1.81 bits per heavy atom. The molecule has 0 unspecified atom stereocenters. The second-order valence-electron chi connectivity index (χ2n) is 5.91. The van der Waals surface area contributed by atoms with Gasteiger partial charge in [0.15, 0.2) is 0 Å². The number of halogens is 3. The average Bonchev–Trinajstić information content (AvgIpc) is 2.89. The summed E-state index contributed by atoms with van der Waals surface area (Å²) in [4.78, 5) is 0. The third-order valence-electron chi connectivity index (χ3n) is 4.22. The van der Waals surface area contributed by atoms with E-state index in [4.69, 9.17) is 23.2 Å². The Hall–Kier alpha value is -1.99.